The summed E-state index contributed by atoms with van der Waals surface area (Å²) in [5.41, 5.74) is 0. The second-order valence-electron chi connectivity index (χ2n) is 5.11. The van der Waals surface area contributed by atoms with Gasteiger partial charge in [-0.3, -0.25) is 4.79 Å². The van der Waals surface area contributed by atoms with Crippen LogP contribution in [0.15, 0.2) is 0 Å². The minimum absolute atomic E-state index is 0.0245. The van der Waals surface area contributed by atoms with Gasteiger partial charge in [0.05, 0.1) is 6.42 Å². The van der Waals surface area contributed by atoms with E-state index in [4.69, 9.17) is 5.11 Å². The van der Waals surface area contributed by atoms with Crippen molar-refractivity contribution in [2.45, 2.75) is 64.5 Å². The number of carbonyl (C=O) groups is 2. The molecule has 2 atom stereocenters. The van der Waals surface area contributed by atoms with Gasteiger partial charge in [0.15, 0.2) is 0 Å². The van der Waals surface area contributed by atoms with Gasteiger partial charge in [0.25, 0.3) is 0 Å². The van der Waals surface area contributed by atoms with E-state index in [9.17, 15) is 9.59 Å². The predicted octanol–water partition coefficient (Wildman–Crippen LogP) is 2.12. The molecule has 5 heteroatoms. The number of carbonyl (C=O) groups excluding carboxylic acids is 1. The van der Waals surface area contributed by atoms with Crippen LogP contribution in [0.1, 0.15) is 52.4 Å². The molecule has 2 amide bonds. The largest absolute Gasteiger partial charge is 0.481 e. The number of hydrogen-bond donors (Lipinski definition) is 3. The first kappa shape index (κ1) is 14.8. The Bertz CT molecular complexity index is 290. The number of hydrogen-bond acceptors (Lipinski definition) is 2. The van der Waals surface area contributed by atoms with Crippen molar-refractivity contribution in [2.24, 2.45) is 5.92 Å². The monoisotopic (exact) mass is 256 g/mol. The fraction of sp³-hybridized carbons (Fsp3) is 0.846. The minimum atomic E-state index is -0.882. The molecule has 18 heavy (non-hydrogen) atoms. The molecule has 0 bridgehead atoms. The van der Waals surface area contributed by atoms with Crippen LogP contribution in [-0.4, -0.2) is 29.2 Å². The van der Waals surface area contributed by atoms with E-state index in [2.05, 4.69) is 17.6 Å². The van der Waals surface area contributed by atoms with E-state index in [1.165, 1.54) is 12.8 Å². The Labute approximate surface area is 108 Å². The van der Waals surface area contributed by atoms with Crippen LogP contribution in [0, 0.1) is 5.92 Å². The molecule has 0 saturated heterocycles. The van der Waals surface area contributed by atoms with Crippen molar-refractivity contribution in [1.29, 1.82) is 0 Å². The molecule has 0 radical (unpaired) electrons. The Morgan fingerprint density at radius 3 is 2.17 bits per heavy atom. The van der Waals surface area contributed by atoms with Crippen LogP contribution < -0.4 is 10.6 Å². The summed E-state index contributed by atoms with van der Waals surface area (Å²) < 4.78 is 0. The highest BCUT2D eigenvalue weighted by Gasteiger charge is 2.25. The van der Waals surface area contributed by atoms with Crippen molar-refractivity contribution in [1.82, 2.24) is 10.6 Å². The summed E-state index contributed by atoms with van der Waals surface area (Å²) >= 11 is 0. The maximum Gasteiger partial charge on any atom is 0.315 e. The Kier molecular flexibility index (Phi) is 5.95. The molecule has 1 saturated carbocycles. The smallest absolute Gasteiger partial charge is 0.315 e. The third-order valence-electron chi connectivity index (χ3n) is 3.39. The molecule has 0 spiro atoms. The fourth-order valence-corrected chi connectivity index (χ4v) is 2.00. The summed E-state index contributed by atoms with van der Waals surface area (Å²) in [5.74, 6) is -0.108. The van der Waals surface area contributed by atoms with Crippen molar-refractivity contribution < 1.29 is 14.7 Å². The van der Waals surface area contributed by atoms with Gasteiger partial charge in [0, 0.05) is 12.1 Å². The molecule has 2 unspecified atom stereocenters. The molecule has 3 N–H and O–H groups in total. The average molecular weight is 256 g/mol. The minimum Gasteiger partial charge on any atom is -0.481 e. The summed E-state index contributed by atoms with van der Waals surface area (Å²) in [6.45, 7) is 3.93. The van der Waals surface area contributed by atoms with E-state index in [1.807, 2.05) is 6.92 Å². The van der Waals surface area contributed by atoms with E-state index >= 15 is 0 Å². The maximum absolute atomic E-state index is 11.7. The average Bonchev–Trinajstić information content (AvgIpc) is 3.10. The highest BCUT2D eigenvalue weighted by atomic mass is 16.4. The number of rotatable bonds is 8. The molecule has 5 nitrogen and oxygen atoms in total. The van der Waals surface area contributed by atoms with E-state index in [-0.39, 0.29) is 24.5 Å². The zero-order chi connectivity index (χ0) is 13.5. The molecule has 1 fully saturated rings. The van der Waals surface area contributed by atoms with Gasteiger partial charge >= 0.3 is 12.0 Å². The third-order valence-corrected chi connectivity index (χ3v) is 3.39. The summed E-state index contributed by atoms with van der Waals surface area (Å²) in [7, 11) is 0. The lowest BCUT2D eigenvalue weighted by atomic mass is 10.1. The maximum atomic E-state index is 11.7. The zero-order valence-corrected chi connectivity index (χ0v) is 11.2. The summed E-state index contributed by atoms with van der Waals surface area (Å²) in [6, 6.07) is -0.323. The Morgan fingerprint density at radius 2 is 1.72 bits per heavy atom. The second kappa shape index (κ2) is 7.24. The van der Waals surface area contributed by atoms with Crippen molar-refractivity contribution in [3.05, 3.63) is 0 Å². The third kappa shape index (κ3) is 5.89. The SMILES string of the molecule is CCC(CC(=O)O)NC(=O)NC(CC)CC1CC1. The summed E-state index contributed by atoms with van der Waals surface area (Å²) in [4.78, 5) is 22.4. The number of amides is 2. The van der Waals surface area contributed by atoms with Gasteiger partial charge < -0.3 is 15.7 Å². The Hall–Kier alpha value is -1.26. The zero-order valence-electron chi connectivity index (χ0n) is 11.2. The van der Waals surface area contributed by atoms with E-state index in [0.717, 1.165) is 18.8 Å². The summed E-state index contributed by atoms with van der Waals surface area (Å²) in [5, 5.41) is 14.4. The van der Waals surface area contributed by atoms with Crippen LogP contribution in [0.5, 0.6) is 0 Å². The molecule has 104 valence electrons. The van der Waals surface area contributed by atoms with Crippen LogP contribution in [0.25, 0.3) is 0 Å². The second-order valence-corrected chi connectivity index (χ2v) is 5.11. The van der Waals surface area contributed by atoms with Crippen molar-refractivity contribution in [2.75, 3.05) is 0 Å². The Balaban J connectivity index is 2.30. The lowest BCUT2D eigenvalue weighted by Gasteiger charge is -2.20. The van der Waals surface area contributed by atoms with E-state index in [1.54, 1.807) is 0 Å². The predicted molar refractivity (Wildman–Crippen MR) is 69.4 cm³/mol. The highest BCUT2D eigenvalue weighted by Crippen LogP contribution is 2.33. The molecular formula is C13H24N2O3. The first-order valence-corrected chi connectivity index (χ1v) is 6.83. The normalized spacial score (nSPS) is 17.9. The molecule has 0 aromatic heterocycles. The van der Waals surface area contributed by atoms with Gasteiger partial charge in [0.2, 0.25) is 0 Å². The quantitative estimate of drug-likeness (QED) is 0.622. The first-order chi connectivity index (χ1) is 8.55. The van der Waals surface area contributed by atoms with Gasteiger partial charge in [-0.1, -0.05) is 26.7 Å². The molecule has 0 aromatic rings. The molecular weight excluding hydrogens is 232 g/mol. The molecule has 1 aliphatic rings. The van der Waals surface area contributed by atoms with Crippen molar-refractivity contribution in [3.8, 4) is 0 Å². The molecule has 0 aromatic carbocycles. The topological polar surface area (TPSA) is 78.4 Å². The van der Waals surface area contributed by atoms with Gasteiger partial charge in [-0.2, -0.15) is 0 Å². The number of aliphatic carboxylic acids is 1. The molecule has 0 aliphatic heterocycles. The molecule has 0 heterocycles. The van der Waals surface area contributed by atoms with E-state index in [0.29, 0.717) is 6.42 Å². The number of carboxylic acid groups (broad SMARTS) is 1. The lowest BCUT2D eigenvalue weighted by Crippen LogP contribution is -2.46. The molecule has 1 aliphatic carbocycles. The number of nitrogens with one attached hydrogen (secondary N) is 2. The van der Waals surface area contributed by atoms with Crippen LogP contribution in [-0.2, 0) is 4.79 Å². The lowest BCUT2D eigenvalue weighted by molar-refractivity contribution is -0.137. The van der Waals surface area contributed by atoms with Crippen LogP contribution in [0.3, 0.4) is 0 Å². The van der Waals surface area contributed by atoms with Crippen LogP contribution in [0.4, 0.5) is 4.79 Å². The van der Waals surface area contributed by atoms with Gasteiger partial charge in [0.1, 0.15) is 0 Å². The van der Waals surface area contributed by atoms with Gasteiger partial charge in [-0.15, -0.1) is 0 Å². The summed E-state index contributed by atoms with van der Waals surface area (Å²) in [6.07, 6.45) is 5.11. The Morgan fingerprint density at radius 1 is 1.17 bits per heavy atom. The highest BCUT2D eigenvalue weighted by molar-refractivity contribution is 5.76. The van der Waals surface area contributed by atoms with E-state index < -0.39 is 5.97 Å². The fourth-order valence-electron chi connectivity index (χ4n) is 2.00. The van der Waals surface area contributed by atoms with Crippen LogP contribution >= 0.6 is 0 Å². The number of urea groups is 1. The van der Waals surface area contributed by atoms with Crippen molar-refractivity contribution in [3.63, 3.8) is 0 Å². The molecule has 1 rings (SSSR count). The first-order valence-electron chi connectivity index (χ1n) is 6.83. The van der Waals surface area contributed by atoms with Crippen LogP contribution in [0.2, 0.25) is 0 Å². The van der Waals surface area contributed by atoms with Crippen molar-refractivity contribution >= 4 is 12.0 Å². The van der Waals surface area contributed by atoms with Gasteiger partial charge in [-0.25, -0.2) is 4.79 Å². The van der Waals surface area contributed by atoms with Gasteiger partial charge in [-0.05, 0) is 25.2 Å². The number of carboxylic acids is 1. The standard InChI is InChI=1S/C13H24N2O3/c1-3-10(7-9-5-6-9)14-13(18)15-11(4-2)8-12(16)17/h9-11H,3-8H2,1-2H3,(H,16,17)(H2,14,15,18).